The predicted molar refractivity (Wildman–Crippen MR) is 123 cm³/mol. The highest BCUT2D eigenvalue weighted by Gasteiger charge is 2.25. The summed E-state index contributed by atoms with van der Waals surface area (Å²) in [5.41, 5.74) is 2.61. The smallest absolute Gasteiger partial charge is 0.227 e. The topological polar surface area (TPSA) is 33.2 Å². The van der Waals surface area contributed by atoms with E-state index >= 15 is 0 Å². The highest BCUT2D eigenvalue weighted by Crippen LogP contribution is 2.27. The Morgan fingerprint density at radius 2 is 1.81 bits per heavy atom. The highest BCUT2D eigenvalue weighted by molar-refractivity contribution is 8.16. The lowest BCUT2D eigenvalue weighted by atomic mass is 10.0. The van der Waals surface area contributed by atoms with E-state index in [1.165, 1.54) is 12.1 Å². The molecule has 0 N–H and O–H groups in total. The Morgan fingerprint density at radius 3 is 2.48 bits per heavy atom. The number of aromatic nitrogens is 1. The minimum Gasteiger partial charge on any atom is -0.331 e. The second-order valence-electron chi connectivity index (χ2n) is 7.45. The van der Waals surface area contributed by atoms with E-state index in [0.29, 0.717) is 12.1 Å². The van der Waals surface area contributed by atoms with E-state index in [1.54, 1.807) is 36.7 Å². The van der Waals surface area contributed by atoms with Crippen molar-refractivity contribution < 1.29 is 13.6 Å². The first-order valence-corrected chi connectivity index (χ1v) is 11.5. The number of halogens is 2. The summed E-state index contributed by atoms with van der Waals surface area (Å²) in [4.78, 5) is 19.1. The second-order valence-corrected chi connectivity index (χ2v) is 9.13. The van der Waals surface area contributed by atoms with E-state index < -0.39 is 11.6 Å². The number of amides is 1. The third kappa shape index (κ3) is 4.97. The van der Waals surface area contributed by atoms with Crippen LogP contribution in [0.2, 0.25) is 0 Å². The van der Waals surface area contributed by atoms with Gasteiger partial charge in [-0.3, -0.25) is 9.78 Å². The molecule has 0 fully saturated rings. The van der Waals surface area contributed by atoms with Gasteiger partial charge in [0, 0.05) is 30.3 Å². The van der Waals surface area contributed by atoms with Crippen LogP contribution in [0, 0.1) is 11.6 Å². The molecule has 2 aromatic carbocycles. The number of rotatable bonds is 6. The number of carbonyl (C=O) groups excluding carboxylic acids is 1. The normalized spacial score (nSPS) is 17.6. The lowest BCUT2D eigenvalue weighted by Gasteiger charge is -2.28. The number of benzene rings is 2. The van der Waals surface area contributed by atoms with Crippen molar-refractivity contribution in [3.8, 4) is 11.1 Å². The van der Waals surface area contributed by atoms with Gasteiger partial charge in [-0.05, 0) is 40.3 Å². The molecule has 1 aliphatic rings. The Morgan fingerprint density at radius 1 is 1.06 bits per heavy atom. The van der Waals surface area contributed by atoms with Gasteiger partial charge in [-0.2, -0.15) is 10.5 Å². The lowest BCUT2D eigenvalue weighted by molar-refractivity contribution is -0.132. The molecule has 3 nitrogen and oxygen atoms in total. The molecular weight excluding hydrogens is 414 g/mol. The van der Waals surface area contributed by atoms with Gasteiger partial charge in [0.2, 0.25) is 5.91 Å². The van der Waals surface area contributed by atoms with Crippen LogP contribution in [-0.4, -0.2) is 33.5 Å². The van der Waals surface area contributed by atoms with Crippen molar-refractivity contribution in [2.45, 2.75) is 19.0 Å². The highest BCUT2D eigenvalue weighted by atomic mass is 32.2. The number of pyridine rings is 1. The summed E-state index contributed by atoms with van der Waals surface area (Å²) in [6.07, 6.45) is 5.73. The first-order valence-electron chi connectivity index (χ1n) is 9.90. The van der Waals surface area contributed by atoms with Crippen LogP contribution < -0.4 is 0 Å². The number of nitrogens with zero attached hydrogens (tertiary/aromatic N) is 2. The van der Waals surface area contributed by atoms with Gasteiger partial charge in [0.1, 0.15) is 0 Å². The molecule has 31 heavy (non-hydrogen) atoms. The molecule has 2 atom stereocenters. The molecule has 158 valence electrons. The molecule has 1 aromatic heterocycles. The Labute approximate surface area is 183 Å². The summed E-state index contributed by atoms with van der Waals surface area (Å²) in [5, 5.41) is 2.07. The van der Waals surface area contributed by atoms with E-state index in [0.717, 1.165) is 22.9 Å². The van der Waals surface area contributed by atoms with Crippen LogP contribution in [0.5, 0.6) is 0 Å². The summed E-state index contributed by atoms with van der Waals surface area (Å²) < 4.78 is 27.6. The fourth-order valence-electron chi connectivity index (χ4n) is 3.61. The molecule has 0 aliphatic carbocycles. The van der Waals surface area contributed by atoms with Crippen molar-refractivity contribution in [2.24, 2.45) is 0 Å². The van der Waals surface area contributed by atoms with Gasteiger partial charge < -0.3 is 4.90 Å². The zero-order valence-corrected chi connectivity index (χ0v) is 17.7. The minimum atomic E-state index is -0.877. The van der Waals surface area contributed by atoms with Crippen LogP contribution in [0.4, 0.5) is 8.78 Å². The standard InChI is InChI=1S/C25H22F2N2OS/c1-31-14-11-21(17-31)29(16-19-9-12-28-13-10-19)24(30)15-18-5-7-20(8-6-18)22-3-2-4-23(26)25(22)27/h2-14,21H,1,15-17H2. The van der Waals surface area contributed by atoms with Gasteiger partial charge in [-0.25, -0.2) is 8.78 Å². The average Bonchev–Trinajstić information content (AvgIpc) is 3.21. The SMILES string of the molecule is C=S1C=CC(N(Cc2ccncc2)C(=O)Cc2ccc(-c3cccc(F)c3F)cc2)C1. The van der Waals surface area contributed by atoms with Gasteiger partial charge in [0.15, 0.2) is 11.6 Å². The predicted octanol–water partition coefficient (Wildman–Crippen LogP) is 5.19. The number of hydrogen-bond donors (Lipinski definition) is 0. The minimum absolute atomic E-state index is 0.00930. The molecule has 0 bridgehead atoms. The lowest BCUT2D eigenvalue weighted by Crippen LogP contribution is -2.40. The number of hydrogen-bond acceptors (Lipinski definition) is 2. The van der Waals surface area contributed by atoms with E-state index in [2.05, 4.69) is 22.3 Å². The molecule has 1 aliphatic heterocycles. The van der Waals surface area contributed by atoms with Crippen LogP contribution in [-0.2, 0) is 17.8 Å². The van der Waals surface area contributed by atoms with E-state index in [9.17, 15) is 13.6 Å². The van der Waals surface area contributed by atoms with Crippen LogP contribution >= 0.6 is 10.5 Å². The first kappa shape index (κ1) is 21.1. The zero-order valence-electron chi connectivity index (χ0n) is 16.9. The summed E-state index contributed by atoms with van der Waals surface area (Å²) >= 11 is 0. The van der Waals surface area contributed by atoms with Crippen LogP contribution in [0.3, 0.4) is 0 Å². The molecule has 2 unspecified atom stereocenters. The van der Waals surface area contributed by atoms with E-state index in [4.69, 9.17) is 0 Å². The van der Waals surface area contributed by atoms with Gasteiger partial charge in [-0.15, -0.1) is 0 Å². The molecule has 6 heteroatoms. The van der Waals surface area contributed by atoms with Crippen molar-refractivity contribution >= 4 is 22.3 Å². The molecular formula is C25H22F2N2OS. The van der Waals surface area contributed by atoms with Crippen molar-refractivity contribution in [1.82, 2.24) is 9.88 Å². The monoisotopic (exact) mass is 436 g/mol. The molecule has 3 aromatic rings. The first-order chi connectivity index (χ1) is 15.0. The Bertz CT molecular complexity index is 1130. The largest absolute Gasteiger partial charge is 0.331 e. The third-order valence-corrected chi connectivity index (χ3v) is 6.58. The van der Waals surface area contributed by atoms with Crippen LogP contribution in [0.25, 0.3) is 11.1 Å². The summed E-state index contributed by atoms with van der Waals surface area (Å²) in [5.74, 6) is 3.20. The fourth-order valence-corrected chi connectivity index (χ4v) is 4.85. The summed E-state index contributed by atoms with van der Waals surface area (Å²) in [7, 11) is -0.0760. The molecule has 0 saturated heterocycles. The van der Waals surface area contributed by atoms with Gasteiger partial charge >= 0.3 is 0 Å². The molecule has 0 saturated carbocycles. The molecule has 0 radical (unpaired) electrons. The second kappa shape index (κ2) is 9.35. The average molecular weight is 437 g/mol. The maximum absolute atomic E-state index is 14.1. The fraction of sp³-hybridized carbons (Fsp3) is 0.160. The van der Waals surface area contributed by atoms with Gasteiger partial charge in [-0.1, -0.05) is 48.3 Å². The Kier molecular flexibility index (Phi) is 6.37. The quantitative estimate of drug-likeness (QED) is 0.498. The van der Waals surface area contributed by atoms with Crippen molar-refractivity contribution in [3.63, 3.8) is 0 Å². The molecule has 0 spiro atoms. The Balaban J connectivity index is 1.52. The molecule has 1 amide bonds. The van der Waals surface area contributed by atoms with Crippen molar-refractivity contribution in [3.05, 3.63) is 101 Å². The van der Waals surface area contributed by atoms with E-state index in [-0.39, 0.29) is 34.4 Å². The van der Waals surface area contributed by atoms with Crippen LogP contribution in [0.1, 0.15) is 11.1 Å². The van der Waals surface area contributed by atoms with Gasteiger partial charge in [0.05, 0.1) is 12.5 Å². The van der Waals surface area contributed by atoms with Crippen LogP contribution in [0.15, 0.2) is 78.5 Å². The maximum atomic E-state index is 14.1. The Hall–Kier alpha value is -3.12. The summed E-state index contributed by atoms with van der Waals surface area (Å²) in [6, 6.07) is 15.0. The molecule has 4 rings (SSSR count). The van der Waals surface area contributed by atoms with E-state index in [1.807, 2.05) is 17.0 Å². The number of carbonyl (C=O) groups is 1. The summed E-state index contributed by atoms with van der Waals surface area (Å²) in [6.45, 7) is 0.500. The maximum Gasteiger partial charge on any atom is 0.227 e. The van der Waals surface area contributed by atoms with Gasteiger partial charge in [0.25, 0.3) is 0 Å². The third-order valence-electron chi connectivity index (χ3n) is 5.27. The zero-order chi connectivity index (χ0) is 21.8. The van der Waals surface area contributed by atoms with Crippen molar-refractivity contribution in [2.75, 3.05) is 5.75 Å². The van der Waals surface area contributed by atoms with Crippen molar-refractivity contribution in [1.29, 1.82) is 0 Å². The molecule has 2 heterocycles.